The van der Waals surface area contributed by atoms with Gasteiger partial charge in [0.2, 0.25) is 5.82 Å². The molecular weight excluding hydrogens is 313 g/mol. The summed E-state index contributed by atoms with van der Waals surface area (Å²) in [4.78, 5) is 20.7. The van der Waals surface area contributed by atoms with Gasteiger partial charge in [-0.2, -0.15) is 5.10 Å². The molecule has 9 heteroatoms. The summed E-state index contributed by atoms with van der Waals surface area (Å²) in [5.74, 6) is -0.0301. The second-order valence-corrected chi connectivity index (χ2v) is 6.10. The fraction of sp³-hybridized carbons (Fsp3) is 0.333. The van der Waals surface area contributed by atoms with Crippen molar-refractivity contribution in [1.82, 2.24) is 24.7 Å². The summed E-state index contributed by atoms with van der Waals surface area (Å²) >= 11 is 0. The number of amides is 1. The van der Waals surface area contributed by atoms with Crippen LogP contribution < -0.4 is 11.1 Å². The third kappa shape index (κ3) is 2.20. The Morgan fingerprint density at radius 3 is 2.92 bits per heavy atom. The van der Waals surface area contributed by atoms with E-state index in [-0.39, 0.29) is 11.6 Å². The second kappa shape index (κ2) is 5.02. The third-order valence-electron chi connectivity index (χ3n) is 4.31. The van der Waals surface area contributed by atoms with E-state index >= 15 is 0 Å². The fourth-order valence-electron chi connectivity index (χ4n) is 2.76. The summed E-state index contributed by atoms with van der Waals surface area (Å²) in [7, 11) is 0. The van der Waals surface area contributed by atoms with Gasteiger partial charge < -0.3 is 15.6 Å². The predicted molar refractivity (Wildman–Crippen MR) is 86.4 cm³/mol. The average Bonchev–Trinajstić information content (AvgIpc) is 3.05. The van der Waals surface area contributed by atoms with Crippen LogP contribution in [0.5, 0.6) is 0 Å². The average molecular weight is 329 g/mol. The first kappa shape index (κ1) is 14.6. The Labute approximate surface area is 136 Å². The quantitative estimate of drug-likeness (QED) is 0.674. The number of alkyl halides is 1. The number of anilines is 2. The van der Waals surface area contributed by atoms with E-state index in [1.807, 2.05) is 6.92 Å². The maximum absolute atomic E-state index is 13.4. The first-order valence-electron chi connectivity index (χ1n) is 7.57. The number of H-pyrrole nitrogens is 1. The molecule has 1 aliphatic carbocycles. The SMILES string of the molecule is Cc1cc(NC(=O)c2nc(N)c3ccn(C4(CF)CC4)c3n2)n[nH]1. The topological polar surface area (TPSA) is 115 Å². The lowest BCUT2D eigenvalue weighted by Gasteiger charge is -2.14. The zero-order valence-electron chi connectivity index (χ0n) is 13.0. The molecule has 0 spiro atoms. The molecule has 0 unspecified atom stereocenters. The molecule has 0 bridgehead atoms. The highest BCUT2D eigenvalue weighted by Crippen LogP contribution is 2.45. The molecule has 3 heterocycles. The zero-order valence-corrected chi connectivity index (χ0v) is 13.0. The smallest absolute Gasteiger partial charge is 0.294 e. The van der Waals surface area contributed by atoms with Crippen molar-refractivity contribution in [3.8, 4) is 0 Å². The molecular formula is C15H16FN7O. The van der Waals surface area contributed by atoms with Crippen molar-refractivity contribution in [3.05, 3.63) is 29.8 Å². The van der Waals surface area contributed by atoms with Crippen LogP contribution in [0.1, 0.15) is 29.2 Å². The number of hydrogen-bond donors (Lipinski definition) is 3. The minimum atomic E-state index is -0.560. The highest BCUT2D eigenvalue weighted by molar-refractivity contribution is 6.03. The number of hydrogen-bond acceptors (Lipinski definition) is 5. The van der Waals surface area contributed by atoms with Gasteiger partial charge in [0, 0.05) is 18.0 Å². The van der Waals surface area contributed by atoms with Crippen molar-refractivity contribution in [1.29, 1.82) is 0 Å². The lowest BCUT2D eigenvalue weighted by Crippen LogP contribution is -2.21. The standard InChI is InChI=1S/C15H16FN7O/c1-8-6-10(22-21-8)18-14(24)12-19-11(17)9-2-5-23(13(9)20-12)15(7-16)3-4-15/h2,5-6H,3-4,7H2,1H3,(H2,17,19,20)(H2,18,21,22,24). The van der Waals surface area contributed by atoms with Gasteiger partial charge >= 0.3 is 0 Å². The van der Waals surface area contributed by atoms with Crippen molar-refractivity contribution in [2.24, 2.45) is 0 Å². The van der Waals surface area contributed by atoms with Gasteiger partial charge in [-0.3, -0.25) is 9.89 Å². The van der Waals surface area contributed by atoms with E-state index in [0.29, 0.717) is 16.9 Å². The van der Waals surface area contributed by atoms with Crippen LogP contribution in [0.2, 0.25) is 0 Å². The van der Waals surface area contributed by atoms with Crippen molar-refractivity contribution >= 4 is 28.6 Å². The number of halogens is 1. The highest BCUT2D eigenvalue weighted by atomic mass is 19.1. The van der Waals surface area contributed by atoms with E-state index in [9.17, 15) is 9.18 Å². The van der Waals surface area contributed by atoms with Crippen LogP contribution in [0, 0.1) is 6.92 Å². The van der Waals surface area contributed by atoms with E-state index < -0.39 is 18.1 Å². The Morgan fingerprint density at radius 1 is 1.50 bits per heavy atom. The predicted octanol–water partition coefficient (Wildman–Crippen LogP) is 1.76. The minimum Gasteiger partial charge on any atom is -0.383 e. The van der Waals surface area contributed by atoms with Gasteiger partial charge in [-0.15, -0.1) is 0 Å². The Hall–Kier alpha value is -2.97. The van der Waals surface area contributed by atoms with Crippen LogP contribution in [0.4, 0.5) is 16.0 Å². The van der Waals surface area contributed by atoms with Crippen molar-refractivity contribution in [3.63, 3.8) is 0 Å². The van der Waals surface area contributed by atoms with Crippen molar-refractivity contribution in [2.45, 2.75) is 25.3 Å². The molecule has 0 aliphatic heterocycles. The van der Waals surface area contributed by atoms with E-state index in [4.69, 9.17) is 5.73 Å². The van der Waals surface area contributed by atoms with E-state index in [0.717, 1.165) is 18.5 Å². The third-order valence-corrected chi connectivity index (χ3v) is 4.31. The molecule has 4 rings (SSSR count). The number of carbonyl (C=O) groups is 1. The minimum absolute atomic E-state index is 0.0738. The highest BCUT2D eigenvalue weighted by Gasteiger charge is 2.45. The first-order chi connectivity index (χ1) is 11.5. The molecule has 0 radical (unpaired) electrons. The van der Waals surface area contributed by atoms with Crippen molar-refractivity contribution in [2.75, 3.05) is 17.7 Å². The van der Waals surface area contributed by atoms with Gasteiger partial charge in [0.05, 0.1) is 10.9 Å². The Bertz CT molecular complexity index is 941. The van der Waals surface area contributed by atoms with Gasteiger partial charge in [-0.25, -0.2) is 14.4 Å². The van der Waals surface area contributed by atoms with Gasteiger partial charge in [-0.05, 0) is 25.8 Å². The lowest BCUT2D eigenvalue weighted by atomic mass is 10.3. The zero-order chi connectivity index (χ0) is 16.9. The molecule has 1 amide bonds. The number of aryl methyl sites for hydroxylation is 1. The van der Waals surface area contributed by atoms with Gasteiger partial charge in [0.1, 0.15) is 18.1 Å². The molecule has 1 aliphatic rings. The summed E-state index contributed by atoms with van der Waals surface area (Å²) in [6.07, 6.45) is 3.23. The number of rotatable bonds is 4. The fourth-order valence-corrected chi connectivity index (χ4v) is 2.76. The number of nitrogens with zero attached hydrogens (tertiary/aromatic N) is 4. The molecule has 1 fully saturated rings. The Kier molecular flexibility index (Phi) is 3.05. The van der Waals surface area contributed by atoms with Crippen LogP contribution >= 0.6 is 0 Å². The molecule has 8 nitrogen and oxygen atoms in total. The number of nitrogens with one attached hydrogen (secondary N) is 2. The van der Waals surface area contributed by atoms with E-state index in [2.05, 4.69) is 25.5 Å². The maximum atomic E-state index is 13.4. The number of nitrogen functional groups attached to an aromatic ring is 1. The Balaban J connectivity index is 1.73. The molecule has 3 aromatic heterocycles. The van der Waals surface area contributed by atoms with Crippen LogP contribution in [0.15, 0.2) is 18.3 Å². The van der Waals surface area contributed by atoms with Gasteiger partial charge in [0.25, 0.3) is 5.91 Å². The summed E-state index contributed by atoms with van der Waals surface area (Å²) in [5.41, 5.74) is 6.68. The molecule has 124 valence electrons. The normalized spacial score (nSPS) is 15.6. The van der Waals surface area contributed by atoms with Crippen molar-refractivity contribution < 1.29 is 9.18 Å². The largest absolute Gasteiger partial charge is 0.383 e. The van der Waals surface area contributed by atoms with E-state index in [1.165, 1.54) is 0 Å². The molecule has 3 aromatic rings. The lowest BCUT2D eigenvalue weighted by molar-refractivity contribution is 0.101. The molecule has 1 saturated carbocycles. The van der Waals surface area contributed by atoms with Crippen LogP contribution in [-0.2, 0) is 5.54 Å². The number of aromatic nitrogens is 5. The van der Waals surface area contributed by atoms with E-state index in [1.54, 1.807) is 22.9 Å². The Morgan fingerprint density at radius 2 is 2.29 bits per heavy atom. The monoisotopic (exact) mass is 329 g/mol. The number of aromatic amines is 1. The summed E-state index contributed by atoms with van der Waals surface area (Å²) < 4.78 is 15.1. The summed E-state index contributed by atoms with van der Waals surface area (Å²) in [6.45, 7) is 1.34. The second-order valence-electron chi connectivity index (χ2n) is 6.10. The summed E-state index contributed by atoms with van der Waals surface area (Å²) in [5, 5.41) is 9.89. The molecule has 0 atom stereocenters. The number of nitrogens with two attached hydrogens (primary N) is 1. The van der Waals surface area contributed by atoms with Crippen LogP contribution in [0.25, 0.3) is 11.0 Å². The number of fused-ring (bicyclic) bond motifs is 1. The molecule has 0 saturated heterocycles. The van der Waals surface area contributed by atoms with Gasteiger partial charge in [-0.1, -0.05) is 0 Å². The van der Waals surface area contributed by atoms with Gasteiger partial charge in [0.15, 0.2) is 5.82 Å². The van der Waals surface area contributed by atoms with Crippen LogP contribution in [0.3, 0.4) is 0 Å². The molecule has 4 N–H and O–H groups in total. The molecule has 0 aromatic carbocycles. The first-order valence-corrected chi connectivity index (χ1v) is 7.57. The van der Waals surface area contributed by atoms with Crippen LogP contribution in [-0.4, -0.2) is 37.3 Å². The summed E-state index contributed by atoms with van der Waals surface area (Å²) in [6, 6.07) is 3.43. The number of carbonyl (C=O) groups excluding carboxylic acids is 1. The maximum Gasteiger partial charge on any atom is 0.294 e. The molecule has 24 heavy (non-hydrogen) atoms.